The third-order valence-electron chi connectivity index (χ3n) is 9.32. The lowest BCUT2D eigenvalue weighted by atomic mass is 9.46. The molecule has 30 heavy (non-hydrogen) atoms. The van der Waals surface area contributed by atoms with Gasteiger partial charge >= 0.3 is 6.18 Å². The number of rotatable bonds is 1. The Morgan fingerprint density at radius 2 is 1.67 bits per heavy atom. The van der Waals surface area contributed by atoms with E-state index in [2.05, 4.69) is 19.2 Å². The van der Waals surface area contributed by atoms with Gasteiger partial charge < -0.3 is 5.32 Å². The van der Waals surface area contributed by atoms with Crippen molar-refractivity contribution in [1.82, 2.24) is 5.32 Å². The van der Waals surface area contributed by atoms with Crippen molar-refractivity contribution in [1.29, 1.82) is 0 Å². The molecule has 0 aromatic carbocycles. The normalized spacial score (nSPS) is 41.7. The summed E-state index contributed by atoms with van der Waals surface area (Å²) >= 11 is 0. The molecule has 5 heteroatoms. The number of hydrogen-bond acceptors (Lipinski definition) is 1. The third kappa shape index (κ3) is 3.43. The molecule has 0 spiro atoms. The summed E-state index contributed by atoms with van der Waals surface area (Å²) in [6, 6.07) is 0. The van der Waals surface area contributed by atoms with E-state index in [-0.39, 0.29) is 40.2 Å². The summed E-state index contributed by atoms with van der Waals surface area (Å²) in [6.07, 6.45) is 2.89. The highest BCUT2D eigenvalue weighted by Crippen LogP contribution is 2.67. The Morgan fingerprint density at radius 3 is 2.30 bits per heavy atom. The van der Waals surface area contributed by atoms with Crippen molar-refractivity contribution in [2.45, 2.75) is 104 Å². The summed E-state index contributed by atoms with van der Waals surface area (Å²) in [4.78, 5) is 13.1. The first-order chi connectivity index (χ1) is 13.8. The molecule has 2 nitrogen and oxygen atoms in total. The summed E-state index contributed by atoms with van der Waals surface area (Å²) in [7, 11) is 0. The van der Waals surface area contributed by atoms with Crippen LogP contribution in [0.15, 0.2) is 11.1 Å². The van der Waals surface area contributed by atoms with E-state index in [0.717, 1.165) is 44.1 Å². The fourth-order valence-electron chi connectivity index (χ4n) is 8.12. The molecule has 4 rings (SSSR count). The van der Waals surface area contributed by atoms with Crippen molar-refractivity contribution in [3.8, 4) is 0 Å². The predicted molar refractivity (Wildman–Crippen MR) is 113 cm³/mol. The molecule has 1 N–H and O–H groups in total. The lowest BCUT2D eigenvalue weighted by molar-refractivity contribution is -0.134. The fraction of sp³-hybridized carbons (Fsp3) is 0.880. The van der Waals surface area contributed by atoms with Gasteiger partial charge in [0.15, 0.2) is 0 Å². The van der Waals surface area contributed by atoms with Crippen LogP contribution in [0.4, 0.5) is 13.2 Å². The topological polar surface area (TPSA) is 29.1 Å². The lowest BCUT2D eigenvalue weighted by Crippen LogP contribution is -2.53. The highest BCUT2D eigenvalue weighted by molar-refractivity contribution is 5.80. The Morgan fingerprint density at radius 1 is 0.967 bits per heavy atom. The van der Waals surface area contributed by atoms with Gasteiger partial charge in [-0.25, -0.2) is 0 Å². The molecule has 3 fully saturated rings. The van der Waals surface area contributed by atoms with E-state index in [1.165, 1.54) is 0 Å². The van der Waals surface area contributed by atoms with Crippen LogP contribution in [-0.2, 0) is 4.79 Å². The number of carbonyl (C=O) groups is 1. The number of hydrogen-bond donors (Lipinski definition) is 1. The molecule has 4 aliphatic carbocycles. The van der Waals surface area contributed by atoms with E-state index >= 15 is 0 Å². The minimum absolute atomic E-state index is 0.0183. The van der Waals surface area contributed by atoms with Gasteiger partial charge in [-0.15, -0.1) is 0 Å². The second kappa shape index (κ2) is 7.00. The number of nitrogens with one attached hydrogen (secondary N) is 1. The lowest BCUT2D eigenvalue weighted by Gasteiger charge is -2.58. The summed E-state index contributed by atoms with van der Waals surface area (Å²) in [5.41, 5.74) is -0.0473. The highest BCUT2D eigenvalue weighted by atomic mass is 19.4. The summed E-state index contributed by atoms with van der Waals surface area (Å²) in [5.74, 6) is 1.45. The molecule has 3 saturated carbocycles. The minimum Gasteiger partial charge on any atom is -0.351 e. The van der Waals surface area contributed by atoms with Crippen LogP contribution in [0.5, 0.6) is 0 Å². The molecule has 1 unspecified atom stereocenters. The van der Waals surface area contributed by atoms with Crippen LogP contribution < -0.4 is 5.32 Å². The fourth-order valence-corrected chi connectivity index (χ4v) is 8.12. The molecule has 0 bridgehead atoms. The Labute approximate surface area is 179 Å². The highest BCUT2D eigenvalue weighted by Gasteiger charge is 2.61. The van der Waals surface area contributed by atoms with E-state index in [4.69, 9.17) is 0 Å². The quantitative estimate of drug-likeness (QED) is 0.460. The van der Waals surface area contributed by atoms with Gasteiger partial charge in [-0.2, -0.15) is 13.2 Å². The molecule has 0 aromatic heterocycles. The number of allylic oxidation sites excluding steroid dienone is 2. The van der Waals surface area contributed by atoms with Gasteiger partial charge in [0.05, 0.1) is 0 Å². The Hall–Kier alpha value is -1.00. The second-order valence-electron chi connectivity index (χ2n) is 12.1. The van der Waals surface area contributed by atoms with E-state index in [9.17, 15) is 18.0 Å². The molecule has 1 amide bonds. The van der Waals surface area contributed by atoms with E-state index in [1.807, 2.05) is 20.8 Å². The average Bonchev–Trinajstić information content (AvgIpc) is 2.95. The van der Waals surface area contributed by atoms with E-state index in [0.29, 0.717) is 30.6 Å². The largest absolute Gasteiger partial charge is 0.412 e. The van der Waals surface area contributed by atoms with Gasteiger partial charge in [-0.3, -0.25) is 4.79 Å². The van der Waals surface area contributed by atoms with Crippen LogP contribution in [0, 0.1) is 34.5 Å². The number of amides is 1. The average molecular weight is 426 g/mol. The van der Waals surface area contributed by atoms with Gasteiger partial charge in [-0.05, 0) is 107 Å². The van der Waals surface area contributed by atoms with Gasteiger partial charge in [0.25, 0.3) is 0 Å². The molecular weight excluding hydrogens is 387 g/mol. The van der Waals surface area contributed by atoms with Crippen LogP contribution in [0.25, 0.3) is 0 Å². The maximum absolute atomic E-state index is 13.8. The van der Waals surface area contributed by atoms with Crippen molar-refractivity contribution >= 4 is 5.91 Å². The minimum atomic E-state index is -4.18. The number of halogens is 3. The summed E-state index contributed by atoms with van der Waals surface area (Å²) in [5, 5.41) is 3.20. The van der Waals surface area contributed by atoms with Crippen molar-refractivity contribution in [2.75, 3.05) is 0 Å². The van der Waals surface area contributed by atoms with Crippen LogP contribution in [0.1, 0.15) is 92.4 Å². The Kier molecular flexibility index (Phi) is 5.18. The first-order valence-corrected chi connectivity index (χ1v) is 11.9. The van der Waals surface area contributed by atoms with Crippen LogP contribution in [-0.4, -0.2) is 17.6 Å². The molecule has 0 radical (unpaired) electrons. The monoisotopic (exact) mass is 425 g/mol. The standard InChI is InChI=1S/C25H38F3NO/c1-22(2,3)29-21(30)20-11-10-16-15-8-9-18-19(25(26,27)28)7-6-13-23(18,4)17(15)12-14-24(16,20)5/h15-17,20H,6-14H2,1-5H3,(H,29,30)/t15-,16-,17-,20?,23+,24-/m0/s1. The SMILES string of the molecule is CC(C)(C)NC(=O)C1CC[C@H]2[C@@H]3CCC4=C(C(F)(F)F)CCC[C@]4(C)[C@H]3CC[C@]12C. The molecular formula is C25H38F3NO. The maximum Gasteiger partial charge on any atom is 0.412 e. The zero-order chi connectivity index (χ0) is 22.1. The molecule has 0 saturated heterocycles. The van der Waals surface area contributed by atoms with Gasteiger partial charge in [0.1, 0.15) is 0 Å². The van der Waals surface area contributed by atoms with Gasteiger partial charge in [0, 0.05) is 17.0 Å². The number of carbonyl (C=O) groups excluding carboxylic acids is 1. The molecule has 0 aromatic rings. The summed E-state index contributed by atoms with van der Waals surface area (Å²) in [6.45, 7) is 10.5. The predicted octanol–water partition coefficient (Wildman–Crippen LogP) is 6.80. The first-order valence-electron chi connectivity index (χ1n) is 11.9. The zero-order valence-corrected chi connectivity index (χ0v) is 19.2. The van der Waals surface area contributed by atoms with Crippen molar-refractivity contribution < 1.29 is 18.0 Å². The Bertz CT molecular complexity index is 748. The van der Waals surface area contributed by atoms with Crippen molar-refractivity contribution in [3.63, 3.8) is 0 Å². The summed E-state index contributed by atoms with van der Waals surface area (Å²) < 4.78 is 41.3. The van der Waals surface area contributed by atoms with E-state index in [1.54, 1.807) is 0 Å². The molecule has 4 aliphatic rings. The zero-order valence-electron chi connectivity index (χ0n) is 19.2. The molecule has 0 aliphatic heterocycles. The second-order valence-corrected chi connectivity index (χ2v) is 12.1. The Balaban J connectivity index is 1.62. The van der Waals surface area contributed by atoms with Crippen LogP contribution >= 0.6 is 0 Å². The maximum atomic E-state index is 13.8. The first kappa shape index (κ1) is 22.2. The van der Waals surface area contributed by atoms with Crippen LogP contribution in [0.2, 0.25) is 0 Å². The smallest absolute Gasteiger partial charge is 0.351 e. The van der Waals surface area contributed by atoms with Gasteiger partial charge in [-0.1, -0.05) is 19.4 Å². The third-order valence-corrected chi connectivity index (χ3v) is 9.32. The molecule has 0 heterocycles. The van der Waals surface area contributed by atoms with Crippen LogP contribution in [0.3, 0.4) is 0 Å². The van der Waals surface area contributed by atoms with E-state index < -0.39 is 6.18 Å². The number of fused-ring (bicyclic) bond motifs is 5. The molecule has 6 atom stereocenters. The van der Waals surface area contributed by atoms with Crippen molar-refractivity contribution in [2.24, 2.45) is 34.5 Å². The van der Waals surface area contributed by atoms with Crippen molar-refractivity contribution in [3.05, 3.63) is 11.1 Å². The molecule has 170 valence electrons. The van der Waals surface area contributed by atoms with Gasteiger partial charge in [0.2, 0.25) is 5.91 Å². The number of alkyl halides is 3.